The molecule has 1 fully saturated rings. The zero-order chi connectivity index (χ0) is 21.8. The zero-order valence-corrected chi connectivity index (χ0v) is 17.6. The summed E-state index contributed by atoms with van der Waals surface area (Å²) in [6.07, 6.45) is 3.76. The Hall–Kier alpha value is -3.69. The highest BCUT2D eigenvalue weighted by atomic mass is 16.5. The third-order valence-electron chi connectivity index (χ3n) is 5.24. The number of amides is 2. The van der Waals surface area contributed by atoms with E-state index in [-0.39, 0.29) is 24.5 Å². The average Bonchev–Trinajstić information content (AvgIpc) is 3.34. The maximum Gasteiger partial charge on any atom is 0.260 e. The van der Waals surface area contributed by atoms with Crippen LogP contribution in [0.4, 0.5) is 0 Å². The molecule has 0 saturated carbocycles. The number of hydrogen-bond acceptors (Lipinski definition) is 6. The summed E-state index contributed by atoms with van der Waals surface area (Å²) in [4.78, 5) is 33.9. The van der Waals surface area contributed by atoms with E-state index in [1.807, 2.05) is 37.3 Å². The molecule has 4 rings (SSSR count). The maximum absolute atomic E-state index is 13.2. The van der Waals surface area contributed by atoms with Crippen molar-refractivity contribution in [2.75, 3.05) is 26.2 Å². The number of aromatic amines is 1. The second-order valence-electron chi connectivity index (χ2n) is 7.47. The summed E-state index contributed by atoms with van der Waals surface area (Å²) in [6.45, 7) is 3.01. The number of nitrogens with one attached hydrogen (secondary N) is 1. The van der Waals surface area contributed by atoms with Crippen LogP contribution in [-0.2, 0) is 11.8 Å². The summed E-state index contributed by atoms with van der Waals surface area (Å²) in [7, 11) is 1.77. The quantitative estimate of drug-likeness (QED) is 0.663. The molecule has 1 saturated heterocycles. The van der Waals surface area contributed by atoms with Crippen molar-refractivity contribution in [3.05, 3.63) is 59.9 Å². The van der Waals surface area contributed by atoms with Crippen molar-refractivity contribution in [1.82, 2.24) is 34.8 Å². The highest BCUT2D eigenvalue weighted by molar-refractivity contribution is 5.94. The van der Waals surface area contributed by atoms with E-state index < -0.39 is 0 Å². The lowest BCUT2D eigenvalue weighted by molar-refractivity contribution is -0.133. The molecule has 3 heterocycles. The Balaban J connectivity index is 1.49. The molecule has 10 nitrogen and oxygen atoms in total. The number of hydrogen-bond donors (Lipinski definition) is 1. The fraction of sp³-hybridized carbons (Fsp3) is 0.381. The normalized spacial score (nSPS) is 16.8. The number of benzene rings is 1. The molecule has 0 spiro atoms. The van der Waals surface area contributed by atoms with Gasteiger partial charge in [-0.2, -0.15) is 10.2 Å². The van der Waals surface area contributed by atoms with Crippen molar-refractivity contribution in [1.29, 1.82) is 0 Å². The Morgan fingerprint density at radius 1 is 1.19 bits per heavy atom. The minimum Gasteiger partial charge on any atom is -0.484 e. The van der Waals surface area contributed by atoms with Crippen LogP contribution < -0.4 is 4.74 Å². The topological polar surface area (TPSA) is 109 Å². The van der Waals surface area contributed by atoms with Crippen LogP contribution in [0.1, 0.15) is 34.5 Å². The van der Waals surface area contributed by atoms with Crippen LogP contribution in [0.2, 0.25) is 0 Å². The average molecular weight is 423 g/mol. The highest BCUT2D eigenvalue weighted by Gasteiger charge is 2.33. The van der Waals surface area contributed by atoms with Crippen LogP contribution in [-0.4, -0.2) is 72.8 Å². The first-order valence-electron chi connectivity index (χ1n) is 10.2. The van der Waals surface area contributed by atoms with Crippen molar-refractivity contribution >= 4 is 11.8 Å². The number of aryl methyl sites for hydroxylation is 2. The summed E-state index contributed by atoms with van der Waals surface area (Å²) in [5.74, 6) is 1.59. The van der Waals surface area contributed by atoms with Gasteiger partial charge in [0.1, 0.15) is 11.6 Å². The first kappa shape index (κ1) is 20.6. The van der Waals surface area contributed by atoms with Crippen LogP contribution in [0.5, 0.6) is 5.75 Å². The standard InChI is InChI=1S/C21H25N7O3/c1-15-23-20(25-24-15)18-8-9-27(19(29)14-31-17-6-4-3-5-7-17)10-11-28(18)21(30)16-12-22-26(2)13-16/h3-7,12-13,18H,8-11,14H2,1-2H3,(H,23,24,25). The van der Waals surface area contributed by atoms with Crippen LogP contribution in [0, 0.1) is 6.92 Å². The summed E-state index contributed by atoms with van der Waals surface area (Å²) in [5, 5.41) is 11.2. The molecular weight excluding hydrogens is 398 g/mol. The fourth-order valence-electron chi connectivity index (χ4n) is 3.65. The predicted octanol–water partition coefficient (Wildman–Crippen LogP) is 1.34. The number of aromatic nitrogens is 5. The van der Waals surface area contributed by atoms with E-state index in [4.69, 9.17) is 4.74 Å². The van der Waals surface area contributed by atoms with Gasteiger partial charge in [-0.25, -0.2) is 4.98 Å². The molecule has 2 amide bonds. The molecular formula is C21H25N7O3. The van der Waals surface area contributed by atoms with Gasteiger partial charge in [0.15, 0.2) is 12.4 Å². The lowest BCUT2D eigenvalue weighted by Gasteiger charge is -2.27. The molecule has 1 aliphatic rings. The van der Waals surface area contributed by atoms with Crippen LogP contribution in [0.15, 0.2) is 42.7 Å². The molecule has 0 bridgehead atoms. The molecule has 0 radical (unpaired) electrons. The van der Waals surface area contributed by atoms with Gasteiger partial charge in [-0.05, 0) is 25.5 Å². The van der Waals surface area contributed by atoms with Gasteiger partial charge >= 0.3 is 0 Å². The second-order valence-corrected chi connectivity index (χ2v) is 7.47. The van der Waals surface area contributed by atoms with Gasteiger partial charge in [0.2, 0.25) is 0 Å². The van der Waals surface area contributed by atoms with Crippen LogP contribution in [0.3, 0.4) is 0 Å². The van der Waals surface area contributed by atoms with Crippen molar-refractivity contribution in [3.8, 4) is 5.75 Å². The van der Waals surface area contributed by atoms with Gasteiger partial charge in [0.05, 0.1) is 17.8 Å². The number of carbonyl (C=O) groups excluding carboxylic acids is 2. The highest BCUT2D eigenvalue weighted by Crippen LogP contribution is 2.26. The minimum absolute atomic E-state index is 0.0506. The zero-order valence-electron chi connectivity index (χ0n) is 17.6. The van der Waals surface area contributed by atoms with Crippen molar-refractivity contribution in [3.63, 3.8) is 0 Å². The third kappa shape index (κ3) is 4.73. The Morgan fingerprint density at radius 3 is 2.68 bits per heavy atom. The second kappa shape index (κ2) is 8.99. The van der Waals surface area contributed by atoms with E-state index >= 15 is 0 Å². The van der Waals surface area contributed by atoms with Gasteiger partial charge in [-0.3, -0.25) is 19.4 Å². The number of para-hydroxylation sites is 1. The monoisotopic (exact) mass is 423 g/mol. The molecule has 1 unspecified atom stereocenters. The lowest BCUT2D eigenvalue weighted by Crippen LogP contribution is -2.40. The summed E-state index contributed by atoms with van der Waals surface area (Å²) >= 11 is 0. The Kier molecular flexibility index (Phi) is 5.96. The van der Waals surface area contributed by atoms with Crippen molar-refractivity contribution in [2.24, 2.45) is 7.05 Å². The van der Waals surface area contributed by atoms with E-state index in [0.29, 0.717) is 49.0 Å². The first-order chi connectivity index (χ1) is 15.0. The van der Waals surface area contributed by atoms with E-state index in [0.717, 1.165) is 0 Å². The number of ether oxygens (including phenoxy) is 1. The summed E-state index contributed by atoms with van der Waals surface area (Å²) in [5.41, 5.74) is 0.493. The third-order valence-corrected chi connectivity index (χ3v) is 5.24. The van der Waals surface area contributed by atoms with Crippen LogP contribution in [0.25, 0.3) is 0 Å². The van der Waals surface area contributed by atoms with Crippen LogP contribution >= 0.6 is 0 Å². The number of rotatable bonds is 5. The van der Waals surface area contributed by atoms with Gasteiger partial charge in [0, 0.05) is 32.9 Å². The van der Waals surface area contributed by atoms with Gasteiger partial charge in [0.25, 0.3) is 11.8 Å². The molecule has 2 aromatic heterocycles. The summed E-state index contributed by atoms with van der Waals surface area (Å²) in [6, 6.07) is 8.89. The fourth-order valence-corrected chi connectivity index (χ4v) is 3.65. The molecule has 0 aliphatic carbocycles. The number of carbonyl (C=O) groups is 2. The molecule has 1 aromatic carbocycles. The molecule has 1 atom stereocenters. The molecule has 1 N–H and O–H groups in total. The molecule has 1 aliphatic heterocycles. The molecule has 31 heavy (non-hydrogen) atoms. The lowest BCUT2D eigenvalue weighted by atomic mass is 10.1. The van der Waals surface area contributed by atoms with E-state index in [1.54, 1.807) is 33.9 Å². The van der Waals surface area contributed by atoms with E-state index in [2.05, 4.69) is 20.3 Å². The molecule has 3 aromatic rings. The van der Waals surface area contributed by atoms with Crippen molar-refractivity contribution in [2.45, 2.75) is 19.4 Å². The maximum atomic E-state index is 13.2. The van der Waals surface area contributed by atoms with Gasteiger partial charge < -0.3 is 14.5 Å². The Bertz CT molecular complexity index is 1050. The molecule has 10 heteroatoms. The van der Waals surface area contributed by atoms with E-state index in [1.165, 1.54) is 0 Å². The Labute approximate surface area is 179 Å². The number of nitrogens with zero attached hydrogens (tertiary/aromatic N) is 6. The first-order valence-corrected chi connectivity index (χ1v) is 10.2. The minimum atomic E-state index is -0.342. The van der Waals surface area contributed by atoms with Gasteiger partial charge in [-0.1, -0.05) is 18.2 Å². The smallest absolute Gasteiger partial charge is 0.260 e. The SMILES string of the molecule is Cc1nc(C2CCN(C(=O)COc3ccccc3)CCN2C(=O)c2cnn(C)c2)n[nH]1. The largest absolute Gasteiger partial charge is 0.484 e. The van der Waals surface area contributed by atoms with Crippen molar-refractivity contribution < 1.29 is 14.3 Å². The van der Waals surface area contributed by atoms with E-state index in [9.17, 15) is 9.59 Å². The predicted molar refractivity (Wildman–Crippen MR) is 111 cm³/mol. The molecule has 162 valence electrons. The Morgan fingerprint density at radius 2 is 2.00 bits per heavy atom. The summed E-state index contributed by atoms with van der Waals surface area (Å²) < 4.78 is 7.20. The van der Waals surface area contributed by atoms with Gasteiger partial charge in [-0.15, -0.1) is 0 Å². The number of H-pyrrole nitrogens is 1.